The van der Waals surface area contributed by atoms with Gasteiger partial charge in [-0.2, -0.15) is 52.7 Å². The zero-order chi connectivity index (χ0) is 31.7. The molecule has 20 heteroatoms. The monoisotopic (exact) mass is 606 g/mol. The molecule has 0 heterocycles. The van der Waals surface area contributed by atoms with Gasteiger partial charge in [0.15, 0.2) is 0 Å². The molecule has 0 aromatic rings. The number of esters is 3. The van der Waals surface area contributed by atoms with E-state index >= 15 is 0 Å². The van der Waals surface area contributed by atoms with Gasteiger partial charge in [-0.3, -0.25) is 4.79 Å². The number of carbonyl (C=O) groups is 3. The van der Waals surface area contributed by atoms with E-state index in [0.29, 0.717) is 6.92 Å². The number of ether oxygens (including phenoxy) is 3. The maximum Gasteiger partial charge on any atom is 0.437 e. The summed E-state index contributed by atoms with van der Waals surface area (Å²) >= 11 is 0. The number of rotatable bonds is 10. The largest absolute Gasteiger partial charge is 0.464 e. The van der Waals surface area contributed by atoms with Crippen LogP contribution >= 0.6 is 0 Å². The van der Waals surface area contributed by atoms with Gasteiger partial charge >= 0.3 is 53.8 Å². The van der Waals surface area contributed by atoms with Crippen molar-refractivity contribution in [2.45, 2.75) is 70.0 Å². The second kappa shape index (κ2) is 11.2. The van der Waals surface area contributed by atoms with Crippen molar-refractivity contribution in [3.8, 4) is 0 Å². The van der Waals surface area contributed by atoms with E-state index in [0.717, 1.165) is 0 Å². The quantitative estimate of drug-likeness (QED) is 0.219. The predicted molar refractivity (Wildman–Crippen MR) is 99.2 cm³/mol. The summed E-state index contributed by atoms with van der Waals surface area (Å²) in [6, 6.07) is 0. The number of aliphatic hydroxyl groups is 2. The van der Waals surface area contributed by atoms with Crippen molar-refractivity contribution >= 4 is 17.9 Å². The molecule has 230 valence electrons. The molecule has 0 atom stereocenters. The van der Waals surface area contributed by atoms with Crippen LogP contribution in [0.3, 0.4) is 0 Å². The topological polar surface area (TPSA) is 119 Å². The molecule has 0 bridgehead atoms. The summed E-state index contributed by atoms with van der Waals surface area (Å²) in [5, 5.41) is 18.1. The number of carbonyl (C=O) groups excluding carboxylic acids is 3. The molecule has 0 saturated carbocycles. The van der Waals surface area contributed by atoms with Crippen LogP contribution in [0, 0.1) is 10.8 Å². The normalized spacial score (nSPS) is 14.6. The lowest BCUT2D eigenvalue weighted by Crippen LogP contribution is -2.63. The van der Waals surface area contributed by atoms with Crippen LogP contribution in [0.25, 0.3) is 0 Å². The van der Waals surface area contributed by atoms with Crippen LogP contribution < -0.4 is 0 Å². The van der Waals surface area contributed by atoms with Crippen LogP contribution in [0.5, 0.6) is 0 Å². The highest BCUT2D eigenvalue weighted by molar-refractivity contribution is 5.82. The number of hydrogen-bond acceptors (Lipinski definition) is 8. The molecule has 0 unspecified atom stereocenters. The van der Waals surface area contributed by atoms with Gasteiger partial charge in [-0.05, 0) is 27.2 Å². The molecule has 8 nitrogen and oxygen atoms in total. The van der Waals surface area contributed by atoms with Gasteiger partial charge in [-0.1, -0.05) is 6.92 Å². The molecule has 0 aliphatic carbocycles. The zero-order valence-electron chi connectivity index (χ0n) is 20.2. The van der Waals surface area contributed by atoms with Crippen LogP contribution in [0.15, 0.2) is 0 Å². The third kappa shape index (κ3) is 7.57. The van der Waals surface area contributed by atoms with E-state index < -0.39 is 84.5 Å². The first kappa shape index (κ1) is 36.5. The third-order valence-corrected chi connectivity index (χ3v) is 5.32. The molecule has 0 amide bonds. The molecule has 0 aromatic heterocycles. The Morgan fingerprint density at radius 3 is 0.974 bits per heavy atom. The molecule has 2 N–H and O–H groups in total. The molecular weight excluding hydrogens is 584 g/mol. The number of halogens is 12. The standard InChI is InChI=1S/C19H22F12O8/c1-5-12(2,3)9(32)37-6-13(4,7-38-10(33)14(35,16(20,21)22)17(23,24)25)8-39-11(34)15(36,18(26,27)28)19(29,30)31/h35-36H,5-8H2,1-4H3. The van der Waals surface area contributed by atoms with E-state index in [1.807, 2.05) is 0 Å². The van der Waals surface area contributed by atoms with Gasteiger partial charge in [0.1, 0.15) is 19.8 Å². The summed E-state index contributed by atoms with van der Waals surface area (Å²) in [7, 11) is 0. The first-order valence-corrected chi connectivity index (χ1v) is 10.2. The van der Waals surface area contributed by atoms with E-state index in [-0.39, 0.29) is 6.42 Å². The average molecular weight is 606 g/mol. The minimum Gasteiger partial charge on any atom is -0.464 e. The van der Waals surface area contributed by atoms with E-state index in [1.165, 1.54) is 20.8 Å². The molecule has 0 aliphatic rings. The Morgan fingerprint density at radius 2 is 0.769 bits per heavy atom. The Labute approximate surface area is 211 Å². The molecule has 0 aliphatic heterocycles. The van der Waals surface area contributed by atoms with Crippen molar-refractivity contribution in [2.75, 3.05) is 19.8 Å². The molecule has 0 rings (SSSR count). The Hall–Kier alpha value is -2.51. The van der Waals surface area contributed by atoms with Gasteiger partial charge in [0.25, 0.3) is 0 Å². The summed E-state index contributed by atoms with van der Waals surface area (Å²) in [5.41, 5.74) is -16.2. The van der Waals surface area contributed by atoms with Crippen molar-refractivity contribution in [3.05, 3.63) is 0 Å². The summed E-state index contributed by atoms with van der Waals surface area (Å²) in [4.78, 5) is 35.4. The molecule has 0 saturated heterocycles. The Kier molecular flexibility index (Phi) is 10.4. The second-order valence-electron chi connectivity index (χ2n) is 9.19. The molecule has 0 spiro atoms. The summed E-state index contributed by atoms with van der Waals surface area (Å²) in [5.74, 6) is -8.01. The van der Waals surface area contributed by atoms with Crippen LogP contribution in [0.1, 0.15) is 34.1 Å². The lowest BCUT2D eigenvalue weighted by atomic mass is 9.90. The van der Waals surface area contributed by atoms with E-state index in [9.17, 15) is 67.1 Å². The Balaban J connectivity index is 6.23. The lowest BCUT2D eigenvalue weighted by molar-refractivity contribution is -0.357. The van der Waals surface area contributed by atoms with Gasteiger partial charge in [0.2, 0.25) is 0 Å². The van der Waals surface area contributed by atoms with Gasteiger partial charge in [-0.25, -0.2) is 9.59 Å². The number of hydrogen-bond donors (Lipinski definition) is 2. The van der Waals surface area contributed by atoms with Crippen molar-refractivity contribution in [2.24, 2.45) is 10.8 Å². The molecule has 0 radical (unpaired) electrons. The smallest absolute Gasteiger partial charge is 0.437 e. The second-order valence-corrected chi connectivity index (χ2v) is 9.19. The highest BCUT2D eigenvalue weighted by Crippen LogP contribution is 2.45. The van der Waals surface area contributed by atoms with Crippen molar-refractivity contribution in [3.63, 3.8) is 0 Å². The zero-order valence-corrected chi connectivity index (χ0v) is 20.2. The summed E-state index contributed by atoms with van der Waals surface area (Å²) in [6.45, 7) is -0.510. The van der Waals surface area contributed by atoms with Crippen molar-refractivity contribution in [1.29, 1.82) is 0 Å². The average Bonchev–Trinajstić information content (AvgIpc) is 2.75. The Morgan fingerprint density at radius 1 is 0.538 bits per heavy atom. The van der Waals surface area contributed by atoms with Gasteiger partial charge in [0.05, 0.1) is 10.8 Å². The maximum atomic E-state index is 12.9. The van der Waals surface area contributed by atoms with E-state index in [4.69, 9.17) is 14.9 Å². The van der Waals surface area contributed by atoms with Gasteiger partial charge in [-0.15, -0.1) is 0 Å². The maximum absolute atomic E-state index is 12.9. The summed E-state index contributed by atoms with van der Waals surface area (Å²) < 4.78 is 167. The fourth-order valence-corrected chi connectivity index (χ4v) is 2.18. The Bertz CT molecular complexity index is 820. The first-order chi connectivity index (χ1) is 16.9. The van der Waals surface area contributed by atoms with Crippen LogP contribution in [0.4, 0.5) is 52.7 Å². The fraction of sp³-hybridized carbons (Fsp3) is 0.842. The fourth-order valence-electron chi connectivity index (χ4n) is 2.18. The third-order valence-electron chi connectivity index (χ3n) is 5.32. The van der Waals surface area contributed by atoms with Crippen LogP contribution in [-0.2, 0) is 28.6 Å². The highest BCUT2D eigenvalue weighted by Gasteiger charge is 2.78. The van der Waals surface area contributed by atoms with E-state index in [1.54, 1.807) is 0 Å². The number of alkyl halides is 12. The SMILES string of the molecule is CCC(C)(C)C(=O)OCC(C)(COC(=O)C(O)(C(F)(F)F)C(F)(F)F)COC(=O)C(O)(C(F)(F)F)C(F)(F)F. The van der Waals surface area contributed by atoms with E-state index in [2.05, 4.69) is 9.47 Å². The van der Waals surface area contributed by atoms with Crippen LogP contribution in [0.2, 0.25) is 0 Å². The first-order valence-electron chi connectivity index (χ1n) is 10.2. The lowest BCUT2D eigenvalue weighted by Gasteiger charge is -2.34. The van der Waals surface area contributed by atoms with Crippen molar-refractivity contribution < 1.29 is 91.5 Å². The summed E-state index contributed by atoms with van der Waals surface area (Å²) in [6.07, 6.45) is -26.8. The van der Waals surface area contributed by atoms with Crippen LogP contribution in [-0.4, -0.2) is 83.8 Å². The molecule has 39 heavy (non-hydrogen) atoms. The highest BCUT2D eigenvalue weighted by atomic mass is 19.4. The molecule has 0 aromatic carbocycles. The minimum absolute atomic E-state index is 0.0565. The minimum atomic E-state index is -6.72. The molecule has 0 fully saturated rings. The predicted octanol–water partition coefficient (Wildman–Crippen LogP) is 3.77. The molecular formula is C19H22F12O8. The van der Waals surface area contributed by atoms with Crippen molar-refractivity contribution in [1.82, 2.24) is 0 Å². The van der Waals surface area contributed by atoms with Gasteiger partial charge < -0.3 is 24.4 Å². The van der Waals surface area contributed by atoms with Gasteiger partial charge in [0, 0.05) is 0 Å².